The van der Waals surface area contributed by atoms with E-state index >= 15 is 0 Å². The molecule has 160 valence electrons. The number of hydrogen-bond donors (Lipinski definition) is 1. The van der Waals surface area contributed by atoms with Crippen LogP contribution in [0, 0.1) is 13.8 Å². The van der Waals surface area contributed by atoms with E-state index in [0.717, 1.165) is 28.9 Å². The Morgan fingerprint density at radius 1 is 1.10 bits per heavy atom. The SMILES string of the molecule is COCCCNC(=O)c1ccc(N2CCN(C(=O)c3ccc(C)cc3C)CC2)nc1. The lowest BCUT2D eigenvalue weighted by Gasteiger charge is -2.35. The third kappa shape index (κ3) is 5.36. The first kappa shape index (κ1) is 21.8. The average Bonchev–Trinajstić information content (AvgIpc) is 2.76. The lowest BCUT2D eigenvalue weighted by atomic mass is 10.0. The molecular weight excluding hydrogens is 380 g/mol. The van der Waals surface area contributed by atoms with Crippen molar-refractivity contribution in [3.63, 3.8) is 0 Å². The fourth-order valence-electron chi connectivity index (χ4n) is 3.59. The van der Waals surface area contributed by atoms with Crippen molar-refractivity contribution in [3.8, 4) is 0 Å². The normalized spacial score (nSPS) is 14.0. The first-order valence-corrected chi connectivity index (χ1v) is 10.3. The molecule has 0 saturated carbocycles. The van der Waals surface area contributed by atoms with Crippen LogP contribution >= 0.6 is 0 Å². The van der Waals surface area contributed by atoms with Gasteiger partial charge in [0.1, 0.15) is 5.82 Å². The second-order valence-corrected chi connectivity index (χ2v) is 7.60. The van der Waals surface area contributed by atoms with Gasteiger partial charge in [-0.05, 0) is 44.0 Å². The Labute approximate surface area is 178 Å². The average molecular weight is 411 g/mol. The first-order valence-electron chi connectivity index (χ1n) is 10.3. The van der Waals surface area contributed by atoms with Gasteiger partial charge in [-0.25, -0.2) is 4.98 Å². The highest BCUT2D eigenvalue weighted by Crippen LogP contribution is 2.18. The van der Waals surface area contributed by atoms with Crippen molar-refractivity contribution in [3.05, 3.63) is 58.8 Å². The van der Waals surface area contributed by atoms with Crippen LogP contribution < -0.4 is 10.2 Å². The summed E-state index contributed by atoms with van der Waals surface area (Å²) in [6.07, 6.45) is 2.38. The number of amides is 2. The molecule has 1 N–H and O–H groups in total. The molecule has 30 heavy (non-hydrogen) atoms. The summed E-state index contributed by atoms with van der Waals surface area (Å²) in [5.41, 5.74) is 3.49. The molecule has 3 rings (SSSR count). The smallest absolute Gasteiger partial charge is 0.254 e. The second kappa shape index (κ2) is 10.2. The van der Waals surface area contributed by atoms with E-state index in [2.05, 4.69) is 15.2 Å². The monoisotopic (exact) mass is 410 g/mol. The topological polar surface area (TPSA) is 74.8 Å². The minimum Gasteiger partial charge on any atom is -0.385 e. The van der Waals surface area contributed by atoms with Gasteiger partial charge in [-0.3, -0.25) is 9.59 Å². The number of benzene rings is 1. The van der Waals surface area contributed by atoms with Crippen molar-refractivity contribution in [1.82, 2.24) is 15.2 Å². The van der Waals surface area contributed by atoms with Gasteiger partial charge in [0.05, 0.1) is 5.56 Å². The van der Waals surface area contributed by atoms with E-state index in [1.807, 2.05) is 43.0 Å². The maximum Gasteiger partial charge on any atom is 0.254 e. The standard InChI is InChI=1S/C23H30N4O3/c1-17-5-7-20(18(2)15-17)23(29)27-12-10-26(11-13-27)21-8-6-19(16-25-21)22(28)24-9-4-14-30-3/h5-8,15-16H,4,9-14H2,1-3H3,(H,24,28). The number of carbonyl (C=O) groups is 2. The zero-order chi connectivity index (χ0) is 21.5. The highest BCUT2D eigenvalue weighted by molar-refractivity contribution is 5.96. The van der Waals surface area contributed by atoms with Gasteiger partial charge in [0, 0.05) is 58.2 Å². The number of hydrogen-bond acceptors (Lipinski definition) is 5. The van der Waals surface area contributed by atoms with E-state index in [4.69, 9.17) is 4.74 Å². The molecule has 0 spiro atoms. The number of aromatic nitrogens is 1. The van der Waals surface area contributed by atoms with E-state index in [9.17, 15) is 9.59 Å². The number of methoxy groups -OCH3 is 1. The van der Waals surface area contributed by atoms with E-state index in [-0.39, 0.29) is 11.8 Å². The summed E-state index contributed by atoms with van der Waals surface area (Å²) in [5.74, 6) is 0.777. The Hall–Kier alpha value is -2.93. The Bertz CT molecular complexity index is 875. The van der Waals surface area contributed by atoms with Gasteiger partial charge in [0.25, 0.3) is 11.8 Å². The van der Waals surface area contributed by atoms with Crippen LogP contribution in [0.15, 0.2) is 36.5 Å². The summed E-state index contributed by atoms with van der Waals surface area (Å²) in [4.78, 5) is 33.5. The van der Waals surface area contributed by atoms with Crippen molar-refractivity contribution in [2.45, 2.75) is 20.3 Å². The molecule has 0 aliphatic carbocycles. The molecule has 0 bridgehead atoms. The number of carbonyl (C=O) groups excluding carboxylic acids is 2. The predicted octanol–water partition coefficient (Wildman–Crippen LogP) is 2.43. The van der Waals surface area contributed by atoms with Gasteiger partial charge in [-0.2, -0.15) is 0 Å². The highest BCUT2D eigenvalue weighted by atomic mass is 16.5. The fourth-order valence-corrected chi connectivity index (χ4v) is 3.59. The van der Waals surface area contributed by atoms with Crippen LogP contribution in [-0.2, 0) is 4.74 Å². The van der Waals surface area contributed by atoms with E-state index in [1.165, 1.54) is 0 Å². The highest BCUT2D eigenvalue weighted by Gasteiger charge is 2.24. The molecule has 2 heterocycles. The molecule has 1 saturated heterocycles. The number of ether oxygens (including phenoxy) is 1. The van der Waals surface area contributed by atoms with Crippen LogP contribution in [0.4, 0.5) is 5.82 Å². The largest absolute Gasteiger partial charge is 0.385 e. The van der Waals surface area contributed by atoms with Crippen LogP contribution in [0.2, 0.25) is 0 Å². The summed E-state index contributed by atoms with van der Waals surface area (Å²) >= 11 is 0. The van der Waals surface area contributed by atoms with Crippen molar-refractivity contribution >= 4 is 17.6 Å². The lowest BCUT2D eigenvalue weighted by Crippen LogP contribution is -2.49. The molecule has 2 amide bonds. The number of aryl methyl sites for hydroxylation is 2. The summed E-state index contributed by atoms with van der Waals surface area (Å²) < 4.78 is 4.98. The minimum atomic E-state index is -0.131. The van der Waals surface area contributed by atoms with Crippen LogP contribution in [-0.4, -0.2) is 68.1 Å². The van der Waals surface area contributed by atoms with Gasteiger partial charge in [-0.15, -0.1) is 0 Å². The zero-order valence-corrected chi connectivity index (χ0v) is 18.0. The molecule has 1 aromatic carbocycles. The predicted molar refractivity (Wildman–Crippen MR) is 117 cm³/mol. The van der Waals surface area contributed by atoms with Crippen LogP contribution in [0.3, 0.4) is 0 Å². The van der Waals surface area contributed by atoms with E-state index in [0.29, 0.717) is 44.9 Å². The molecule has 1 fully saturated rings. The van der Waals surface area contributed by atoms with E-state index in [1.54, 1.807) is 19.4 Å². The number of nitrogens with zero attached hydrogens (tertiary/aromatic N) is 3. The van der Waals surface area contributed by atoms with Crippen molar-refractivity contribution < 1.29 is 14.3 Å². The van der Waals surface area contributed by atoms with Gasteiger partial charge >= 0.3 is 0 Å². The van der Waals surface area contributed by atoms with Crippen molar-refractivity contribution in [2.24, 2.45) is 0 Å². The van der Waals surface area contributed by atoms with Crippen molar-refractivity contribution in [2.75, 3.05) is 51.3 Å². The Morgan fingerprint density at radius 3 is 2.50 bits per heavy atom. The van der Waals surface area contributed by atoms with Crippen LogP contribution in [0.1, 0.15) is 38.3 Å². The lowest BCUT2D eigenvalue weighted by molar-refractivity contribution is 0.0745. The Morgan fingerprint density at radius 2 is 1.87 bits per heavy atom. The number of piperazine rings is 1. The number of rotatable bonds is 7. The van der Waals surface area contributed by atoms with E-state index < -0.39 is 0 Å². The molecular formula is C23H30N4O3. The quantitative estimate of drug-likeness (QED) is 0.710. The first-order chi connectivity index (χ1) is 14.5. The number of anilines is 1. The molecule has 0 unspecified atom stereocenters. The minimum absolute atomic E-state index is 0.0839. The second-order valence-electron chi connectivity index (χ2n) is 7.60. The summed E-state index contributed by atoms with van der Waals surface area (Å²) in [5, 5.41) is 2.86. The van der Waals surface area contributed by atoms with Gasteiger partial charge in [-0.1, -0.05) is 17.7 Å². The van der Waals surface area contributed by atoms with Gasteiger partial charge in [0.2, 0.25) is 0 Å². The molecule has 1 aromatic heterocycles. The third-order valence-electron chi connectivity index (χ3n) is 5.32. The van der Waals surface area contributed by atoms with Crippen LogP contribution in [0.25, 0.3) is 0 Å². The van der Waals surface area contributed by atoms with Crippen molar-refractivity contribution in [1.29, 1.82) is 0 Å². The van der Waals surface area contributed by atoms with Gasteiger partial charge < -0.3 is 19.9 Å². The Kier molecular flexibility index (Phi) is 7.41. The molecule has 7 nitrogen and oxygen atoms in total. The molecule has 7 heteroatoms. The summed E-state index contributed by atoms with van der Waals surface area (Å²) in [6, 6.07) is 9.60. The molecule has 1 aliphatic rings. The molecule has 0 atom stereocenters. The fraction of sp³-hybridized carbons (Fsp3) is 0.435. The Balaban J connectivity index is 1.53. The summed E-state index contributed by atoms with van der Waals surface area (Å²) in [7, 11) is 1.64. The number of pyridine rings is 1. The van der Waals surface area contributed by atoms with Crippen LogP contribution in [0.5, 0.6) is 0 Å². The number of nitrogens with one attached hydrogen (secondary N) is 1. The maximum atomic E-state index is 12.9. The third-order valence-corrected chi connectivity index (χ3v) is 5.32. The maximum absolute atomic E-state index is 12.9. The molecule has 1 aliphatic heterocycles. The zero-order valence-electron chi connectivity index (χ0n) is 18.0. The molecule has 0 radical (unpaired) electrons. The van der Waals surface area contributed by atoms with Gasteiger partial charge in [0.15, 0.2) is 0 Å². The summed E-state index contributed by atoms with van der Waals surface area (Å²) in [6.45, 7) is 7.93. The molecule has 2 aromatic rings.